The second-order valence-corrected chi connectivity index (χ2v) is 8.33. The van der Waals surface area contributed by atoms with Gasteiger partial charge in [-0.25, -0.2) is 0 Å². The molecule has 11 heteroatoms. The average Bonchev–Trinajstić information content (AvgIpc) is 2.79. The van der Waals surface area contributed by atoms with E-state index in [1.807, 2.05) is 55.4 Å². The van der Waals surface area contributed by atoms with E-state index in [0.717, 1.165) is 11.1 Å². The van der Waals surface area contributed by atoms with Gasteiger partial charge < -0.3 is 15.1 Å². The Hall–Kier alpha value is -2.33. The number of amides is 2. The van der Waals surface area contributed by atoms with Crippen molar-refractivity contribution in [3.05, 3.63) is 65.2 Å². The minimum atomic E-state index is -5.09. The van der Waals surface area contributed by atoms with Gasteiger partial charge in [-0.05, 0) is 49.8 Å². The van der Waals surface area contributed by atoms with Crippen molar-refractivity contribution in [1.29, 1.82) is 0 Å². The quantitative estimate of drug-likeness (QED) is 0.561. The fourth-order valence-corrected chi connectivity index (χ4v) is 3.84. The van der Waals surface area contributed by atoms with Gasteiger partial charge in [-0.3, -0.25) is 14.5 Å². The monoisotopic (exact) mass is 534 g/mol. The molecule has 1 aliphatic rings. The summed E-state index contributed by atoms with van der Waals surface area (Å²) < 4.78 is 40.6. The smallest absolute Gasteiger partial charge is 0.336 e. The van der Waals surface area contributed by atoms with Crippen LogP contribution in [0.5, 0.6) is 0 Å². The minimum absolute atomic E-state index is 0. The maximum atomic E-state index is 13.5. The first kappa shape index (κ1) is 30.7. The van der Waals surface area contributed by atoms with Gasteiger partial charge in [0.2, 0.25) is 5.91 Å². The summed E-state index contributed by atoms with van der Waals surface area (Å²) in [5, 5.41) is 3.17. The van der Waals surface area contributed by atoms with Crippen LogP contribution >= 0.6 is 24.8 Å². The number of likely N-dealkylation sites (N-methyl/N-ethyl adjacent to an activating group) is 1. The molecule has 0 saturated heterocycles. The third kappa shape index (κ3) is 8.38. The molecule has 0 aromatic heterocycles. The van der Waals surface area contributed by atoms with Gasteiger partial charge in [0.1, 0.15) is 6.54 Å². The van der Waals surface area contributed by atoms with Crippen molar-refractivity contribution in [1.82, 2.24) is 15.1 Å². The molecule has 2 aromatic carbocycles. The van der Waals surface area contributed by atoms with Gasteiger partial charge >= 0.3 is 12.1 Å². The van der Waals surface area contributed by atoms with E-state index in [2.05, 4.69) is 5.32 Å². The SMILES string of the molecule is CN(C)CCN(Cc1ccccc1)C(=O)CN(C(=O)C(F)(F)F)c1cccc2c1CCNC2.Cl.Cl. The molecule has 6 nitrogen and oxygen atoms in total. The topological polar surface area (TPSA) is 55.9 Å². The molecule has 3 rings (SSSR count). The summed E-state index contributed by atoms with van der Waals surface area (Å²) >= 11 is 0. The predicted molar refractivity (Wildman–Crippen MR) is 135 cm³/mol. The Morgan fingerprint density at radius 2 is 1.66 bits per heavy atom. The lowest BCUT2D eigenvalue weighted by Crippen LogP contribution is -2.49. The van der Waals surface area contributed by atoms with Crippen LogP contribution < -0.4 is 10.2 Å². The van der Waals surface area contributed by atoms with E-state index in [4.69, 9.17) is 0 Å². The highest BCUT2D eigenvalue weighted by molar-refractivity contribution is 6.02. The number of alkyl halides is 3. The van der Waals surface area contributed by atoms with Crippen LogP contribution in [0, 0.1) is 0 Å². The maximum Gasteiger partial charge on any atom is 0.471 e. The van der Waals surface area contributed by atoms with Gasteiger partial charge in [-0.15, -0.1) is 24.8 Å². The van der Waals surface area contributed by atoms with Crippen molar-refractivity contribution in [2.24, 2.45) is 0 Å². The Kier molecular flexibility index (Phi) is 12.0. The molecule has 0 radical (unpaired) electrons. The summed E-state index contributed by atoms with van der Waals surface area (Å²) in [4.78, 5) is 29.7. The molecule has 0 fully saturated rings. The molecule has 1 N–H and O–H groups in total. The number of carbonyl (C=O) groups is 2. The molecular weight excluding hydrogens is 504 g/mol. The van der Waals surface area contributed by atoms with Crippen LogP contribution in [0.1, 0.15) is 16.7 Å². The first-order valence-corrected chi connectivity index (χ1v) is 10.8. The van der Waals surface area contributed by atoms with Gasteiger partial charge in [-0.2, -0.15) is 13.2 Å². The number of nitrogens with one attached hydrogen (secondary N) is 1. The van der Waals surface area contributed by atoms with Crippen LogP contribution in [0.3, 0.4) is 0 Å². The normalized spacial score (nSPS) is 12.7. The number of benzene rings is 2. The van der Waals surface area contributed by atoms with Crippen molar-refractivity contribution < 1.29 is 22.8 Å². The van der Waals surface area contributed by atoms with Gasteiger partial charge in [0.25, 0.3) is 0 Å². The lowest BCUT2D eigenvalue weighted by molar-refractivity contribution is -0.170. The number of hydrogen-bond acceptors (Lipinski definition) is 4. The first-order chi connectivity index (χ1) is 15.7. The zero-order chi connectivity index (χ0) is 24.0. The highest BCUT2D eigenvalue weighted by atomic mass is 35.5. The molecule has 0 spiro atoms. The van der Waals surface area contributed by atoms with Gasteiger partial charge in [0, 0.05) is 31.9 Å². The number of hydrogen-bond donors (Lipinski definition) is 1. The van der Waals surface area contributed by atoms with Crippen molar-refractivity contribution >= 4 is 42.3 Å². The summed E-state index contributed by atoms with van der Waals surface area (Å²) in [5.74, 6) is -2.57. The second-order valence-electron chi connectivity index (χ2n) is 8.33. The van der Waals surface area contributed by atoms with E-state index >= 15 is 0 Å². The lowest BCUT2D eigenvalue weighted by Gasteiger charge is -2.31. The van der Waals surface area contributed by atoms with E-state index in [-0.39, 0.29) is 37.0 Å². The Labute approximate surface area is 216 Å². The molecule has 0 aliphatic carbocycles. The molecule has 194 valence electrons. The van der Waals surface area contributed by atoms with E-state index in [9.17, 15) is 22.8 Å². The third-order valence-electron chi connectivity index (χ3n) is 5.57. The largest absolute Gasteiger partial charge is 0.471 e. The van der Waals surface area contributed by atoms with Crippen LogP contribution in [-0.4, -0.2) is 68.1 Å². The van der Waals surface area contributed by atoms with Gasteiger partial charge in [0.15, 0.2) is 0 Å². The van der Waals surface area contributed by atoms with Crippen LogP contribution in [0.25, 0.3) is 0 Å². The molecular formula is C24H31Cl2F3N4O2. The van der Waals surface area contributed by atoms with Crippen LogP contribution in [0.2, 0.25) is 0 Å². The zero-order valence-corrected chi connectivity index (χ0v) is 21.3. The van der Waals surface area contributed by atoms with E-state index < -0.39 is 24.5 Å². The number of nitrogens with zero attached hydrogens (tertiary/aromatic N) is 3. The molecule has 1 aliphatic heterocycles. The number of carbonyl (C=O) groups excluding carboxylic acids is 2. The lowest BCUT2D eigenvalue weighted by atomic mass is 9.98. The molecule has 0 saturated carbocycles. The molecule has 2 amide bonds. The zero-order valence-electron chi connectivity index (χ0n) is 19.7. The number of halogens is 5. The average molecular weight is 535 g/mol. The highest BCUT2D eigenvalue weighted by Crippen LogP contribution is 2.30. The van der Waals surface area contributed by atoms with Crippen molar-refractivity contribution in [3.8, 4) is 0 Å². The molecule has 1 heterocycles. The first-order valence-electron chi connectivity index (χ1n) is 10.8. The fraction of sp³-hybridized carbons (Fsp3) is 0.417. The summed E-state index contributed by atoms with van der Waals surface area (Å²) in [6.45, 7) is 1.54. The van der Waals surface area contributed by atoms with Crippen molar-refractivity contribution in [2.45, 2.75) is 25.7 Å². The molecule has 0 bridgehead atoms. The molecule has 2 aromatic rings. The van der Waals surface area contributed by atoms with Crippen LogP contribution in [0.15, 0.2) is 48.5 Å². The Morgan fingerprint density at radius 1 is 0.971 bits per heavy atom. The highest BCUT2D eigenvalue weighted by Gasteiger charge is 2.44. The standard InChI is InChI=1S/C24H29F3N4O2.2ClH/c1-29(2)13-14-30(16-18-7-4-3-5-8-18)22(32)17-31(23(33)24(25,26)27)21-10-6-9-19-15-28-12-11-20(19)21;;/h3-10,28H,11-17H2,1-2H3;2*1H. The number of rotatable bonds is 8. The van der Waals surface area contributed by atoms with Crippen molar-refractivity contribution in [2.75, 3.05) is 45.2 Å². The summed E-state index contributed by atoms with van der Waals surface area (Å²) in [6.07, 6.45) is -4.61. The maximum absolute atomic E-state index is 13.5. The summed E-state index contributed by atoms with van der Waals surface area (Å²) in [6, 6.07) is 14.2. The Morgan fingerprint density at radius 3 is 2.29 bits per heavy atom. The third-order valence-corrected chi connectivity index (χ3v) is 5.57. The number of anilines is 1. The van der Waals surface area contributed by atoms with Crippen LogP contribution in [-0.2, 0) is 29.1 Å². The molecule has 0 unspecified atom stereocenters. The minimum Gasteiger partial charge on any atom is -0.336 e. The molecule has 0 atom stereocenters. The van der Waals surface area contributed by atoms with E-state index in [1.54, 1.807) is 6.07 Å². The Balaban J connectivity index is 0.00000306. The number of fused-ring (bicyclic) bond motifs is 1. The summed E-state index contributed by atoms with van der Waals surface area (Å²) in [5.41, 5.74) is 2.52. The van der Waals surface area contributed by atoms with Gasteiger partial charge in [0.05, 0.1) is 0 Å². The van der Waals surface area contributed by atoms with Crippen LogP contribution in [0.4, 0.5) is 18.9 Å². The van der Waals surface area contributed by atoms with Crippen molar-refractivity contribution in [3.63, 3.8) is 0 Å². The molecule has 35 heavy (non-hydrogen) atoms. The fourth-order valence-electron chi connectivity index (χ4n) is 3.84. The second kappa shape index (κ2) is 13.7. The predicted octanol–water partition coefficient (Wildman–Crippen LogP) is 3.66. The van der Waals surface area contributed by atoms with Gasteiger partial charge in [-0.1, -0.05) is 42.5 Å². The Bertz CT molecular complexity index is 975. The van der Waals surface area contributed by atoms with E-state index in [0.29, 0.717) is 43.1 Å². The summed E-state index contributed by atoms with van der Waals surface area (Å²) in [7, 11) is 3.71. The van der Waals surface area contributed by atoms with E-state index in [1.165, 1.54) is 11.0 Å².